The molecule has 2 aromatic carbocycles. The molecule has 2 aromatic rings. The number of hydrogen-bond donors (Lipinski definition) is 1. The van der Waals surface area contributed by atoms with E-state index in [0.717, 1.165) is 5.56 Å². The second-order valence-corrected chi connectivity index (χ2v) is 4.03. The highest BCUT2D eigenvalue weighted by Crippen LogP contribution is 2.10. The van der Waals surface area contributed by atoms with Crippen molar-refractivity contribution in [1.29, 1.82) is 0 Å². The summed E-state index contributed by atoms with van der Waals surface area (Å²) in [5, 5.41) is 0. The van der Waals surface area contributed by atoms with E-state index in [9.17, 15) is 4.79 Å². The summed E-state index contributed by atoms with van der Waals surface area (Å²) in [7, 11) is 0. The molecule has 0 saturated carbocycles. The van der Waals surface area contributed by atoms with Crippen molar-refractivity contribution in [2.45, 2.75) is 0 Å². The Morgan fingerprint density at radius 1 is 1.00 bits per heavy atom. The van der Waals surface area contributed by atoms with E-state index in [4.69, 9.17) is 10.5 Å². The van der Waals surface area contributed by atoms with E-state index < -0.39 is 0 Å². The highest BCUT2D eigenvalue weighted by atomic mass is 16.5. The molecule has 0 heterocycles. The number of benzene rings is 2. The highest BCUT2D eigenvalue weighted by Gasteiger charge is 2.02. The third-order valence-corrected chi connectivity index (χ3v) is 2.55. The summed E-state index contributed by atoms with van der Waals surface area (Å²) in [6.07, 6.45) is 1.40. The number of hydrogen-bond acceptors (Lipinski definition) is 3. The summed E-state index contributed by atoms with van der Waals surface area (Å²) in [6, 6.07) is 18.6. The van der Waals surface area contributed by atoms with Gasteiger partial charge in [0.05, 0.1) is 0 Å². The molecule has 0 aliphatic rings. The number of carbonyl (C=O) groups excluding carboxylic acids is 1. The van der Waals surface area contributed by atoms with E-state index in [1.165, 1.54) is 6.08 Å². The second kappa shape index (κ2) is 6.40. The van der Waals surface area contributed by atoms with Crippen molar-refractivity contribution in [3.63, 3.8) is 0 Å². The van der Waals surface area contributed by atoms with Crippen molar-refractivity contribution in [2.75, 3.05) is 6.61 Å². The van der Waals surface area contributed by atoms with E-state index in [1.54, 1.807) is 12.1 Å². The summed E-state index contributed by atoms with van der Waals surface area (Å²) in [6.45, 7) is -0.0163. The van der Waals surface area contributed by atoms with Crippen molar-refractivity contribution >= 4 is 11.5 Å². The maximum Gasteiger partial charge on any atom is 0.195 e. The van der Waals surface area contributed by atoms with Gasteiger partial charge in [0.15, 0.2) is 12.4 Å². The van der Waals surface area contributed by atoms with Gasteiger partial charge in [-0.3, -0.25) is 4.79 Å². The molecule has 0 bridgehead atoms. The van der Waals surface area contributed by atoms with Crippen LogP contribution in [0.2, 0.25) is 0 Å². The first kappa shape index (κ1) is 12.9. The summed E-state index contributed by atoms with van der Waals surface area (Å²) < 4.78 is 5.35. The first-order valence-electron chi connectivity index (χ1n) is 5.99. The first-order chi connectivity index (χ1) is 9.25. The lowest BCUT2D eigenvalue weighted by atomic mass is 10.1. The van der Waals surface area contributed by atoms with E-state index in [-0.39, 0.29) is 12.4 Å². The van der Waals surface area contributed by atoms with Crippen LogP contribution in [-0.2, 0) is 4.79 Å². The second-order valence-electron chi connectivity index (χ2n) is 4.03. The molecule has 0 atom stereocenters. The minimum Gasteiger partial charge on any atom is -0.485 e. The number of nitrogens with two attached hydrogens (primary N) is 1. The van der Waals surface area contributed by atoms with Gasteiger partial charge in [0.2, 0.25) is 0 Å². The third-order valence-electron chi connectivity index (χ3n) is 2.55. The van der Waals surface area contributed by atoms with Gasteiger partial charge in [0.1, 0.15) is 5.75 Å². The standard InChI is InChI=1S/C16H15NO2/c17-16(13-7-3-1-4-8-13)11-14(18)12-19-15-9-5-2-6-10-15/h1-11H,12,17H2/b16-11-. The van der Waals surface area contributed by atoms with Crippen LogP contribution >= 0.6 is 0 Å². The van der Waals surface area contributed by atoms with Crippen LogP contribution < -0.4 is 10.5 Å². The molecule has 0 radical (unpaired) electrons. The van der Waals surface area contributed by atoms with Crippen molar-refractivity contribution in [3.05, 3.63) is 72.3 Å². The number of para-hydroxylation sites is 1. The predicted octanol–water partition coefficient (Wildman–Crippen LogP) is 2.63. The predicted molar refractivity (Wildman–Crippen MR) is 75.6 cm³/mol. The van der Waals surface area contributed by atoms with Crippen LogP contribution in [0.25, 0.3) is 5.70 Å². The molecule has 0 aliphatic carbocycles. The molecule has 0 aliphatic heterocycles. The van der Waals surface area contributed by atoms with Crippen LogP contribution in [0.4, 0.5) is 0 Å². The minimum atomic E-state index is -0.162. The zero-order chi connectivity index (χ0) is 13.5. The van der Waals surface area contributed by atoms with Gasteiger partial charge in [-0.1, -0.05) is 48.5 Å². The van der Waals surface area contributed by atoms with Crippen LogP contribution in [0.3, 0.4) is 0 Å². The lowest BCUT2D eigenvalue weighted by molar-refractivity contribution is -0.116. The summed E-state index contributed by atoms with van der Waals surface area (Å²) in [5.74, 6) is 0.507. The van der Waals surface area contributed by atoms with Gasteiger partial charge < -0.3 is 10.5 Å². The largest absolute Gasteiger partial charge is 0.485 e. The van der Waals surface area contributed by atoms with Crippen molar-refractivity contribution in [3.8, 4) is 5.75 Å². The Hall–Kier alpha value is -2.55. The van der Waals surface area contributed by atoms with Gasteiger partial charge in [-0.05, 0) is 17.7 Å². The van der Waals surface area contributed by atoms with Gasteiger partial charge in [0, 0.05) is 11.8 Å². The molecule has 3 heteroatoms. The minimum absolute atomic E-state index is 0.0163. The highest BCUT2D eigenvalue weighted by molar-refractivity contribution is 5.97. The van der Waals surface area contributed by atoms with E-state index in [1.807, 2.05) is 48.5 Å². The van der Waals surface area contributed by atoms with E-state index >= 15 is 0 Å². The number of rotatable bonds is 5. The first-order valence-corrected chi connectivity index (χ1v) is 5.99. The average Bonchev–Trinajstić information content (AvgIpc) is 2.47. The quantitative estimate of drug-likeness (QED) is 0.833. The average molecular weight is 253 g/mol. The van der Waals surface area contributed by atoms with Gasteiger partial charge >= 0.3 is 0 Å². The molecular formula is C16H15NO2. The summed E-state index contributed by atoms with van der Waals surface area (Å²) in [4.78, 5) is 11.7. The Bertz CT molecular complexity index is 562. The molecule has 2 rings (SSSR count). The summed E-state index contributed by atoms with van der Waals surface area (Å²) in [5.41, 5.74) is 7.13. The smallest absolute Gasteiger partial charge is 0.195 e. The molecule has 3 nitrogen and oxygen atoms in total. The number of ketones is 1. The van der Waals surface area contributed by atoms with Crippen LogP contribution in [0, 0.1) is 0 Å². The third kappa shape index (κ3) is 4.00. The molecule has 96 valence electrons. The zero-order valence-corrected chi connectivity index (χ0v) is 10.5. The van der Waals surface area contributed by atoms with Gasteiger partial charge in [-0.25, -0.2) is 0 Å². The Kier molecular flexibility index (Phi) is 4.34. The molecule has 0 aromatic heterocycles. The van der Waals surface area contributed by atoms with Crippen LogP contribution in [0.15, 0.2) is 66.7 Å². The molecule has 0 saturated heterocycles. The van der Waals surface area contributed by atoms with Gasteiger partial charge in [0.25, 0.3) is 0 Å². The lowest BCUT2D eigenvalue weighted by Gasteiger charge is -2.04. The van der Waals surface area contributed by atoms with Crippen LogP contribution in [-0.4, -0.2) is 12.4 Å². The maximum absolute atomic E-state index is 11.7. The Morgan fingerprint density at radius 3 is 2.21 bits per heavy atom. The number of carbonyl (C=O) groups is 1. The fourth-order valence-electron chi connectivity index (χ4n) is 1.60. The van der Waals surface area contributed by atoms with E-state index in [2.05, 4.69) is 0 Å². The monoisotopic (exact) mass is 253 g/mol. The van der Waals surface area contributed by atoms with Crippen LogP contribution in [0.5, 0.6) is 5.75 Å². The van der Waals surface area contributed by atoms with Crippen molar-refractivity contribution < 1.29 is 9.53 Å². The molecule has 2 N–H and O–H groups in total. The molecular weight excluding hydrogens is 238 g/mol. The maximum atomic E-state index is 11.7. The van der Waals surface area contributed by atoms with Gasteiger partial charge in [-0.2, -0.15) is 0 Å². The fraction of sp³-hybridized carbons (Fsp3) is 0.0625. The van der Waals surface area contributed by atoms with Gasteiger partial charge in [-0.15, -0.1) is 0 Å². The molecule has 0 amide bonds. The molecule has 0 fully saturated rings. The molecule has 0 unspecified atom stereocenters. The Labute approximate surface area is 112 Å². The molecule has 0 spiro atoms. The van der Waals surface area contributed by atoms with E-state index in [0.29, 0.717) is 11.4 Å². The van der Waals surface area contributed by atoms with Crippen molar-refractivity contribution in [2.24, 2.45) is 5.73 Å². The fourth-order valence-corrected chi connectivity index (χ4v) is 1.60. The SMILES string of the molecule is N/C(=C\C(=O)COc1ccccc1)c1ccccc1. The molecule has 19 heavy (non-hydrogen) atoms. The lowest BCUT2D eigenvalue weighted by Crippen LogP contribution is -2.10. The number of ether oxygens (including phenoxy) is 1. The van der Waals surface area contributed by atoms with Crippen LogP contribution in [0.1, 0.15) is 5.56 Å². The topological polar surface area (TPSA) is 52.3 Å². The Balaban J connectivity index is 1.94. The zero-order valence-electron chi connectivity index (χ0n) is 10.5. The normalized spacial score (nSPS) is 11.1. The Morgan fingerprint density at radius 2 is 1.58 bits per heavy atom. The van der Waals surface area contributed by atoms with Crippen molar-refractivity contribution in [1.82, 2.24) is 0 Å². The summed E-state index contributed by atoms with van der Waals surface area (Å²) >= 11 is 0.